The zero-order valence-corrected chi connectivity index (χ0v) is 21.2. The van der Waals surface area contributed by atoms with Crippen LogP contribution in [0.2, 0.25) is 0 Å². The molecule has 37 heavy (non-hydrogen) atoms. The summed E-state index contributed by atoms with van der Waals surface area (Å²) in [6.07, 6.45) is 4.17. The largest absolute Gasteiger partial charge is 0.480 e. The number of benzene rings is 2. The van der Waals surface area contributed by atoms with Gasteiger partial charge in [-0.3, -0.25) is 24.9 Å². The van der Waals surface area contributed by atoms with Crippen molar-refractivity contribution in [1.29, 1.82) is 0 Å². The molecule has 4 rings (SSSR count). The third-order valence-corrected chi connectivity index (χ3v) is 7.29. The minimum Gasteiger partial charge on any atom is -0.480 e. The Bertz CT molecular complexity index is 1240. The van der Waals surface area contributed by atoms with Crippen LogP contribution in [0.1, 0.15) is 16.7 Å². The van der Waals surface area contributed by atoms with Gasteiger partial charge in [0.2, 0.25) is 10.0 Å². The zero-order valence-electron chi connectivity index (χ0n) is 20.4. The van der Waals surface area contributed by atoms with Crippen molar-refractivity contribution in [3.63, 3.8) is 0 Å². The molecule has 1 saturated heterocycles. The third-order valence-electron chi connectivity index (χ3n) is 6.36. The van der Waals surface area contributed by atoms with Gasteiger partial charge in [-0.15, -0.1) is 0 Å². The maximum Gasteiger partial charge on any atom is 0.317 e. The van der Waals surface area contributed by atoms with E-state index in [2.05, 4.69) is 20.9 Å². The first kappa shape index (κ1) is 26.8. The number of carbonyl (C=O) groups is 1. The molecule has 1 unspecified atom stereocenters. The van der Waals surface area contributed by atoms with E-state index in [9.17, 15) is 13.2 Å². The fourth-order valence-corrected chi connectivity index (χ4v) is 4.89. The van der Waals surface area contributed by atoms with Crippen molar-refractivity contribution >= 4 is 27.8 Å². The lowest BCUT2D eigenvalue weighted by atomic mass is 9.96. The highest BCUT2D eigenvalue weighted by Gasteiger charge is 2.28. The van der Waals surface area contributed by atoms with Crippen molar-refractivity contribution in [3.8, 4) is 0 Å². The molecule has 0 bridgehead atoms. The molecule has 2 aromatic carbocycles. The predicted molar refractivity (Wildman–Crippen MR) is 140 cm³/mol. The fraction of sp³-hybridized carbons (Fsp3) is 0.360. The second-order valence-electron chi connectivity index (χ2n) is 8.99. The van der Waals surface area contributed by atoms with Crippen molar-refractivity contribution in [2.75, 3.05) is 45.8 Å². The number of hydrogen-bond donors (Lipinski definition) is 4. The summed E-state index contributed by atoms with van der Waals surface area (Å²) in [5.74, 6) is -0.798. The minimum atomic E-state index is -3.69. The Morgan fingerprint density at radius 2 is 1.84 bits per heavy atom. The van der Waals surface area contributed by atoms with E-state index in [4.69, 9.17) is 15.1 Å². The van der Waals surface area contributed by atoms with Crippen LogP contribution >= 0.6 is 0 Å². The van der Waals surface area contributed by atoms with Crippen LogP contribution in [-0.2, 0) is 26.1 Å². The first-order valence-electron chi connectivity index (χ1n) is 12.0. The molecule has 0 saturated carbocycles. The summed E-state index contributed by atoms with van der Waals surface area (Å²) in [7, 11) is -3.69. The lowest BCUT2D eigenvalue weighted by Crippen LogP contribution is -2.50. The second-order valence-corrected chi connectivity index (χ2v) is 10.5. The lowest BCUT2D eigenvalue weighted by Gasteiger charge is -2.35. The molecule has 0 aliphatic carbocycles. The summed E-state index contributed by atoms with van der Waals surface area (Å²) in [6, 6.07) is 14.5. The Labute approximate surface area is 216 Å². The number of sulfonamides is 1. The van der Waals surface area contributed by atoms with Gasteiger partial charge in [0.15, 0.2) is 0 Å². The van der Waals surface area contributed by atoms with Gasteiger partial charge in [-0.1, -0.05) is 36.4 Å². The SMILES string of the molecule is NS(=O)(=O)c1ccc(CCNN=Cc2ccccc2C2=CNOC2CN2CCN(CC(=O)O)CC2)cc1. The number of hydrogen-bond acceptors (Lipinski definition) is 9. The Hall–Kier alpha value is -3.29. The summed E-state index contributed by atoms with van der Waals surface area (Å²) in [5, 5.41) is 18.5. The van der Waals surface area contributed by atoms with E-state index < -0.39 is 16.0 Å². The minimum absolute atomic E-state index is 0.0755. The van der Waals surface area contributed by atoms with Crippen LogP contribution in [0.5, 0.6) is 0 Å². The van der Waals surface area contributed by atoms with Crippen molar-refractivity contribution in [2.24, 2.45) is 10.2 Å². The summed E-state index contributed by atoms with van der Waals surface area (Å²) >= 11 is 0. The Kier molecular flexibility index (Phi) is 8.90. The highest BCUT2D eigenvalue weighted by atomic mass is 32.2. The number of hydroxylamine groups is 1. The quantitative estimate of drug-likeness (QED) is 0.185. The fourth-order valence-electron chi connectivity index (χ4n) is 4.38. The van der Waals surface area contributed by atoms with E-state index in [1.165, 1.54) is 12.1 Å². The molecule has 1 fully saturated rings. The summed E-state index contributed by atoms with van der Waals surface area (Å²) < 4.78 is 22.7. The van der Waals surface area contributed by atoms with Crippen LogP contribution in [0.3, 0.4) is 0 Å². The van der Waals surface area contributed by atoms with E-state index in [1.807, 2.05) is 35.4 Å². The molecule has 2 aliphatic rings. The van der Waals surface area contributed by atoms with Crippen LogP contribution in [0.4, 0.5) is 0 Å². The van der Waals surface area contributed by atoms with Crippen molar-refractivity contribution < 1.29 is 23.2 Å². The number of nitrogens with two attached hydrogens (primary N) is 1. The number of nitrogens with zero attached hydrogens (tertiary/aromatic N) is 3. The number of aliphatic carboxylic acids is 1. The average molecular weight is 529 g/mol. The van der Waals surface area contributed by atoms with Crippen LogP contribution in [0.25, 0.3) is 5.57 Å². The van der Waals surface area contributed by atoms with Crippen LogP contribution in [-0.4, -0.2) is 87.4 Å². The monoisotopic (exact) mass is 528 g/mol. The molecule has 1 atom stereocenters. The lowest BCUT2D eigenvalue weighted by molar-refractivity contribution is -0.138. The predicted octanol–water partition coefficient (Wildman–Crippen LogP) is 0.447. The van der Waals surface area contributed by atoms with E-state index in [0.29, 0.717) is 19.5 Å². The molecular formula is C25H32N6O5S. The van der Waals surface area contributed by atoms with Gasteiger partial charge in [0.1, 0.15) is 6.10 Å². The number of primary sulfonamides is 1. The molecule has 0 aromatic heterocycles. The maximum absolute atomic E-state index is 11.4. The zero-order chi connectivity index (χ0) is 26.3. The van der Waals surface area contributed by atoms with Gasteiger partial charge in [-0.2, -0.15) is 5.10 Å². The van der Waals surface area contributed by atoms with Gasteiger partial charge in [0.25, 0.3) is 0 Å². The number of carboxylic acids is 1. The van der Waals surface area contributed by atoms with E-state index in [-0.39, 0.29) is 17.5 Å². The first-order chi connectivity index (χ1) is 17.8. The topological polar surface area (TPSA) is 150 Å². The van der Waals surface area contributed by atoms with Crippen LogP contribution < -0.4 is 16.0 Å². The summed E-state index contributed by atoms with van der Waals surface area (Å²) in [6.45, 7) is 4.38. The van der Waals surface area contributed by atoms with Gasteiger partial charge in [0, 0.05) is 56.6 Å². The molecule has 0 radical (unpaired) electrons. The van der Waals surface area contributed by atoms with Gasteiger partial charge < -0.3 is 10.5 Å². The van der Waals surface area contributed by atoms with E-state index in [1.54, 1.807) is 18.3 Å². The highest BCUT2D eigenvalue weighted by molar-refractivity contribution is 7.89. The molecule has 5 N–H and O–H groups in total. The normalized spacial score (nSPS) is 19.1. The maximum atomic E-state index is 11.4. The van der Waals surface area contributed by atoms with E-state index in [0.717, 1.165) is 48.4 Å². The second kappa shape index (κ2) is 12.3. The van der Waals surface area contributed by atoms with Crippen molar-refractivity contribution in [1.82, 2.24) is 20.7 Å². The van der Waals surface area contributed by atoms with Gasteiger partial charge >= 0.3 is 5.97 Å². The molecule has 2 aliphatic heterocycles. The summed E-state index contributed by atoms with van der Waals surface area (Å²) in [5.41, 5.74) is 9.92. The van der Waals surface area contributed by atoms with E-state index >= 15 is 0 Å². The average Bonchev–Trinajstić information content (AvgIpc) is 3.32. The Balaban J connectivity index is 1.30. The third kappa shape index (κ3) is 7.60. The molecule has 0 spiro atoms. The molecule has 2 heterocycles. The molecular weight excluding hydrogens is 496 g/mol. The summed E-state index contributed by atoms with van der Waals surface area (Å²) in [4.78, 5) is 21.1. The van der Waals surface area contributed by atoms with Gasteiger partial charge in [-0.25, -0.2) is 13.6 Å². The molecule has 2 aromatic rings. The molecule has 11 nitrogen and oxygen atoms in total. The number of nitrogens with one attached hydrogen (secondary N) is 2. The smallest absolute Gasteiger partial charge is 0.317 e. The molecule has 0 amide bonds. The Morgan fingerprint density at radius 3 is 2.54 bits per heavy atom. The van der Waals surface area contributed by atoms with Crippen LogP contribution in [0.15, 0.2) is 64.7 Å². The first-order valence-corrected chi connectivity index (χ1v) is 13.6. The van der Waals surface area contributed by atoms with Crippen LogP contribution in [0, 0.1) is 0 Å². The standard InChI is InChI=1S/C25H32N6O5S/c26-37(34,35)21-7-5-19(6-8-21)9-10-27-28-15-20-3-1-2-4-22(20)23-16-29-36-24(23)17-30-11-13-31(14-12-30)18-25(32)33/h1-8,15-16,24,27,29H,9-14,17-18H2,(H,32,33)(H2,26,34,35). The van der Waals surface area contributed by atoms with Gasteiger partial charge in [-0.05, 0) is 29.7 Å². The van der Waals surface area contributed by atoms with Crippen molar-refractivity contribution in [2.45, 2.75) is 17.4 Å². The number of piperazine rings is 1. The highest BCUT2D eigenvalue weighted by Crippen LogP contribution is 2.27. The van der Waals surface area contributed by atoms with Gasteiger partial charge in [0.05, 0.1) is 17.7 Å². The molecule has 198 valence electrons. The van der Waals surface area contributed by atoms with Crippen molar-refractivity contribution in [3.05, 3.63) is 71.4 Å². The molecule has 12 heteroatoms. The Morgan fingerprint density at radius 1 is 1.14 bits per heavy atom. The number of hydrazone groups is 1. The number of carboxylic acid groups (broad SMARTS) is 1. The number of rotatable bonds is 11.